The SMILES string of the molecule is CNC(=O)[C@@H]1C[C@H](n2cc(C3(NC(=O)NC(C)(C)C)CCCCC3)nn2)CN1. The Morgan fingerprint density at radius 3 is 2.61 bits per heavy atom. The average molecular weight is 392 g/mol. The summed E-state index contributed by atoms with van der Waals surface area (Å²) < 4.78 is 1.84. The summed E-state index contributed by atoms with van der Waals surface area (Å²) in [6, 6.07) is -0.305. The molecule has 2 aliphatic rings. The van der Waals surface area contributed by atoms with Crippen LogP contribution in [0.2, 0.25) is 0 Å². The van der Waals surface area contributed by atoms with Crippen molar-refractivity contribution in [2.45, 2.75) is 82.5 Å². The van der Waals surface area contributed by atoms with Crippen molar-refractivity contribution >= 4 is 11.9 Å². The number of carbonyl (C=O) groups excluding carboxylic acids is 2. The number of nitrogens with zero attached hydrogens (tertiary/aromatic N) is 3. The van der Waals surface area contributed by atoms with Crippen molar-refractivity contribution in [1.29, 1.82) is 0 Å². The maximum atomic E-state index is 12.6. The molecule has 2 fully saturated rings. The van der Waals surface area contributed by atoms with Gasteiger partial charge in [0.15, 0.2) is 0 Å². The average Bonchev–Trinajstić information content (AvgIpc) is 3.29. The molecule has 4 N–H and O–H groups in total. The Kier molecular flexibility index (Phi) is 5.92. The predicted molar refractivity (Wildman–Crippen MR) is 106 cm³/mol. The number of aromatic nitrogens is 3. The minimum atomic E-state index is -0.488. The molecule has 0 spiro atoms. The van der Waals surface area contributed by atoms with Crippen molar-refractivity contribution in [1.82, 2.24) is 36.3 Å². The lowest BCUT2D eigenvalue weighted by atomic mass is 9.79. The summed E-state index contributed by atoms with van der Waals surface area (Å²) in [4.78, 5) is 24.4. The van der Waals surface area contributed by atoms with Crippen LogP contribution in [0.3, 0.4) is 0 Å². The van der Waals surface area contributed by atoms with Crippen LogP contribution in [0.15, 0.2) is 6.20 Å². The quantitative estimate of drug-likeness (QED) is 0.616. The Labute approximate surface area is 166 Å². The number of hydrogen-bond acceptors (Lipinski definition) is 5. The molecular formula is C19H33N7O2. The van der Waals surface area contributed by atoms with Crippen molar-refractivity contribution < 1.29 is 9.59 Å². The molecule has 2 heterocycles. The standard InChI is InChI=1S/C19H33N7O2/c1-18(2,3)22-17(28)23-19(8-6-5-7-9-19)15-12-26(25-24-15)13-10-14(21-11-13)16(27)20-4/h12-14,21H,5-11H2,1-4H3,(H,20,27)(H2,22,23,28)/t13-,14-/m0/s1. The van der Waals surface area contributed by atoms with E-state index in [1.165, 1.54) is 6.42 Å². The zero-order valence-corrected chi connectivity index (χ0v) is 17.3. The Balaban J connectivity index is 1.75. The summed E-state index contributed by atoms with van der Waals surface area (Å²) in [6.45, 7) is 6.57. The Hall–Kier alpha value is -2.16. The second-order valence-electron chi connectivity index (χ2n) is 9.02. The van der Waals surface area contributed by atoms with Crippen molar-refractivity contribution in [3.63, 3.8) is 0 Å². The van der Waals surface area contributed by atoms with Gasteiger partial charge < -0.3 is 21.3 Å². The lowest BCUT2D eigenvalue weighted by Crippen LogP contribution is -2.55. The Bertz CT molecular complexity index is 703. The zero-order valence-electron chi connectivity index (χ0n) is 17.3. The molecule has 1 aliphatic heterocycles. The number of rotatable bonds is 4. The van der Waals surface area contributed by atoms with Gasteiger partial charge in [-0.3, -0.25) is 4.79 Å². The van der Waals surface area contributed by atoms with Crippen molar-refractivity contribution in [3.05, 3.63) is 11.9 Å². The third kappa shape index (κ3) is 4.63. The highest BCUT2D eigenvalue weighted by Gasteiger charge is 2.39. The monoisotopic (exact) mass is 391 g/mol. The van der Waals surface area contributed by atoms with E-state index in [4.69, 9.17) is 0 Å². The Morgan fingerprint density at radius 2 is 1.96 bits per heavy atom. The molecule has 28 heavy (non-hydrogen) atoms. The number of carbonyl (C=O) groups is 2. The summed E-state index contributed by atoms with van der Waals surface area (Å²) in [7, 11) is 1.64. The van der Waals surface area contributed by atoms with Gasteiger partial charge in [-0.2, -0.15) is 0 Å². The van der Waals surface area contributed by atoms with E-state index in [2.05, 4.69) is 31.6 Å². The minimum Gasteiger partial charge on any atom is -0.358 e. The van der Waals surface area contributed by atoms with Gasteiger partial charge in [0.25, 0.3) is 0 Å². The largest absolute Gasteiger partial charge is 0.358 e. The van der Waals surface area contributed by atoms with E-state index < -0.39 is 5.54 Å². The lowest BCUT2D eigenvalue weighted by molar-refractivity contribution is -0.122. The predicted octanol–water partition coefficient (Wildman–Crippen LogP) is 1.18. The van der Waals surface area contributed by atoms with Crippen LogP contribution < -0.4 is 21.3 Å². The van der Waals surface area contributed by atoms with E-state index in [0.29, 0.717) is 13.0 Å². The van der Waals surface area contributed by atoms with Gasteiger partial charge in [-0.05, 0) is 40.0 Å². The van der Waals surface area contributed by atoms with Crippen LogP contribution in [-0.4, -0.2) is 52.1 Å². The molecule has 1 aliphatic carbocycles. The number of likely N-dealkylation sites (N-methyl/N-ethyl adjacent to an activating group) is 1. The van der Waals surface area contributed by atoms with E-state index >= 15 is 0 Å². The smallest absolute Gasteiger partial charge is 0.315 e. The molecular weight excluding hydrogens is 358 g/mol. The highest BCUT2D eigenvalue weighted by molar-refractivity contribution is 5.81. The normalized spacial score (nSPS) is 24.6. The van der Waals surface area contributed by atoms with Gasteiger partial charge in [-0.25, -0.2) is 9.48 Å². The third-order valence-electron chi connectivity index (χ3n) is 5.59. The number of amides is 3. The zero-order chi connectivity index (χ0) is 20.4. The fourth-order valence-electron chi connectivity index (χ4n) is 4.16. The van der Waals surface area contributed by atoms with Crippen LogP contribution in [0.1, 0.15) is 71.0 Å². The molecule has 1 aromatic rings. The lowest BCUT2D eigenvalue weighted by Gasteiger charge is -2.37. The van der Waals surface area contributed by atoms with Crippen LogP contribution in [0.25, 0.3) is 0 Å². The Morgan fingerprint density at radius 1 is 1.25 bits per heavy atom. The van der Waals surface area contributed by atoms with Crippen molar-refractivity contribution in [2.24, 2.45) is 0 Å². The summed E-state index contributed by atoms with van der Waals surface area (Å²) >= 11 is 0. The molecule has 3 rings (SSSR count). The number of hydrogen-bond donors (Lipinski definition) is 4. The molecule has 0 bridgehead atoms. The molecule has 2 atom stereocenters. The molecule has 0 radical (unpaired) electrons. The molecule has 1 aromatic heterocycles. The second-order valence-corrected chi connectivity index (χ2v) is 9.02. The van der Waals surface area contributed by atoms with E-state index in [0.717, 1.165) is 31.4 Å². The van der Waals surface area contributed by atoms with Crippen LogP contribution in [0.5, 0.6) is 0 Å². The van der Waals surface area contributed by atoms with Gasteiger partial charge in [0.2, 0.25) is 5.91 Å². The van der Waals surface area contributed by atoms with Gasteiger partial charge in [0, 0.05) is 19.1 Å². The fraction of sp³-hybridized carbons (Fsp3) is 0.789. The third-order valence-corrected chi connectivity index (χ3v) is 5.59. The van der Waals surface area contributed by atoms with Crippen LogP contribution in [0, 0.1) is 0 Å². The van der Waals surface area contributed by atoms with Gasteiger partial charge in [-0.1, -0.05) is 24.5 Å². The number of nitrogens with one attached hydrogen (secondary N) is 4. The molecule has 0 aromatic carbocycles. The van der Waals surface area contributed by atoms with Gasteiger partial charge >= 0.3 is 6.03 Å². The van der Waals surface area contributed by atoms with E-state index in [-0.39, 0.29) is 29.6 Å². The molecule has 9 heteroatoms. The number of urea groups is 1. The van der Waals surface area contributed by atoms with E-state index in [1.54, 1.807) is 7.05 Å². The van der Waals surface area contributed by atoms with E-state index in [9.17, 15) is 9.59 Å². The summed E-state index contributed by atoms with van der Waals surface area (Å²) in [5.74, 6) is -0.00731. The summed E-state index contributed by atoms with van der Waals surface area (Å²) in [5.41, 5.74) is 0.0136. The molecule has 9 nitrogen and oxygen atoms in total. The first kappa shape index (κ1) is 20.6. The maximum Gasteiger partial charge on any atom is 0.315 e. The highest BCUT2D eigenvalue weighted by atomic mass is 16.2. The van der Waals surface area contributed by atoms with Crippen molar-refractivity contribution in [2.75, 3.05) is 13.6 Å². The molecule has 156 valence electrons. The molecule has 1 saturated carbocycles. The maximum absolute atomic E-state index is 12.6. The highest BCUT2D eigenvalue weighted by Crippen LogP contribution is 2.36. The summed E-state index contributed by atoms with van der Waals surface area (Å²) in [5, 5.41) is 20.9. The van der Waals surface area contributed by atoms with Crippen LogP contribution in [-0.2, 0) is 10.3 Å². The first-order chi connectivity index (χ1) is 13.2. The molecule has 0 unspecified atom stereocenters. The van der Waals surface area contributed by atoms with Gasteiger partial charge in [0.1, 0.15) is 5.69 Å². The fourth-order valence-corrected chi connectivity index (χ4v) is 4.16. The minimum absolute atomic E-state index is 0.00731. The van der Waals surface area contributed by atoms with Crippen LogP contribution in [0.4, 0.5) is 4.79 Å². The van der Waals surface area contributed by atoms with Gasteiger partial charge in [0.05, 0.1) is 23.8 Å². The molecule has 1 saturated heterocycles. The molecule has 3 amide bonds. The topological polar surface area (TPSA) is 113 Å². The van der Waals surface area contributed by atoms with E-state index in [1.807, 2.05) is 31.6 Å². The second kappa shape index (κ2) is 8.06. The first-order valence-electron chi connectivity index (χ1n) is 10.2. The van der Waals surface area contributed by atoms with Gasteiger partial charge in [-0.15, -0.1) is 5.10 Å². The first-order valence-corrected chi connectivity index (χ1v) is 10.2. The van der Waals surface area contributed by atoms with Crippen LogP contribution >= 0.6 is 0 Å². The summed E-state index contributed by atoms with van der Waals surface area (Å²) in [6.07, 6.45) is 7.59. The van der Waals surface area contributed by atoms with Crippen molar-refractivity contribution in [3.8, 4) is 0 Å².